The first-order valence-electron chi connectivity index (χ1n) is 8.61. The van der Waals surface area contributed by atoms with Crippen molar-refractivity contribution in [3.63, 3.8) is 0 Å². The lowest BCUT2D eigenvalue weighted by molar-refractivity contribution is -0.131. The highest BCUT2D eigenvalue weighted by atomic mass is 16.4. The molecule has 0 fully saturated rings. The molecule has 0 atom stereocenters. The third-order valence-electron chi connectivity index (χ3n) is 3.34. The Morgan fingerprint density at radius 2 is 1.30 bits per heavy atom. The van der Waals surface area contributed by atoms with Gasteiger partial charge in [0.1, 0.15) is 0 Å². The average Bonchev–Trinajstić information content (AvgIpc) is 2.52. The Morgan fingerprint density at radius 1 is 0.739 bits per heavy atom. The van der Waals surface area contributed by atoms with E-state index >= 15 is 0 Å². The van der Waals surface area contributed by atoms with Crippen molar-refractivity contribution in [1.29, 1.82) is 0 Å². The molecular weight excluding hydrogens is 288 g/mol. The third-order valence-corrected chi connectivity index (χ3v) is 3.34. The highest BCUT2D eigenvalue weighted by Crippen LogP contribution is 2.09. The van der Waals surface area contributed by atoms with Crippen molar-refractivity contribution in [1.82, 2.24) is 0 Å². The molecule has 0 aromatic rings. The first kappa shape index (κ1) is 21.1. The molecule has 0 aromatic heterocycles. The second-order valence-corrected chi connectivity index (χ2v) is 5.51. The van der Waals surface area contributed by atoms with Crippen molar-refractivity contribution < 1.29 is 14.7 Å². The molecule has 0 aliphatic carbocycles. The molecule has 0 unspecified atom stereocenters. The molecule has 0 saturated carbocycles. The van der Waals surface area contributed by atoms with Gasteiger partial charge in [0.05, 0.1) is 0 Å². The zero-order chi connectivity index (χ0) is 17.2. The number of rotatable bonds is 14. The maximum absolute atomic E-state index is 11.5. The van der Waals surface area contributed by atoms with Gasteiger partial charge in [0.25, 0.3) is 0 Å². The zero-order valence-electron chi connectivity index (χ0n) is 14.2. The molecule has 0 rings (SSSR count). The molecule has 0 heterocycles. The number of allylic oxidation sites excluding steroid dienone is 7. The topological polar surface area (TPSA) is 54.4 Å². The lowest BCUT2D eigenvalue weighted by Crippen LogP contribution is -1.85. The van der Waals surface area contributed by atoms with Gasteiger partial charge in [-0.3, -0.25) is 4.79 Å². The van der Waals surface area contributed by atoms with E-state index in [2.05, 4.69) is 6.92 Å². The standard InChI is InChI=1S/C20H30O3/c1-2-3-4-5-6-7-8-9-10-13-16-19(21)17-14-11-12-15-18-20(22)23/h11-18H,2-10H2,1H3,(H,22,23). The summed E-state index contributed by atoms with van der Waals surface area (Å²) in [6.45, 7) is 2.23. The van der Waals surface area contributed by atoms with Crippen molar-refractivity contribution in [2.45, 2.75) is 64.7 Å². The second kappa shape index (κ2) is 16.5. The van der Waals surface area contributed by atoms with E-state index in [0.29, 0.717) is 0 Å². The Kier molecular flexibility index (Phi) is 15.1. The second-order valence-electron chi connectivity index (χ2n) is 5.51. The van der Waals surface area contributed by atoms with Crippen molar-refractivity contribution in [2.75, 3.05) is 0 Å². The number of carboxylic acid groups (broad SMARTS) is 1. The molecule has 0 aliphatic heterocycles. The van der Waals surface area contributed by atoms with E-state index in [1.165, 1.54) is 57.1 Å². The Bertz CT molecular complexity index is 428. The van der Waals surface area contributed by atoms with Gasteiger partial charge in [-0.15, -0.1) is 0 Å². The molecule has 0 bridgehead atoms. The summed E-state index contributed by atoms with van der Waals surface area (Å²) in [5.41, 5.74) is 0. The van der Waals surface area contributed by atoms with Crippen molar-refractivity contribution in [2.24, 2.45) is 0 Å². The van der Waals surface area contributed by atoms with Crippen LogP contribution in [-0.2, 0) is 9.59 Å². The summed E-state index contributed by atoms with van der Waals surface area (Å²) in [5, 5.41) is 8.38. The van der Waals surface area contributed by atoms with E-state index in [-0.39, 0.29) is 5.78 Å². The quantitative estimate of drug-likeness (QED) is 0.265. The number of hydrogen-bond donors (Lipinski definition) is 1. The minimum Gasteiger partial charge on any atom is -0.478 e. The first-order valence-corrected chi connectivity index (χ1v) is 8.61. The SMILES string of the molecule is CCCCCCCCCCC=CC(=O)C=CC=CC=CC(=O)O. The number of carbonyl (C=O) groups excluding carboxylic acids is 1. The summed E-state index contributed by atoms with van der Waals surface area (Å²) in [6.07, 6.45) is 23.5. The Balaban J connectivity index is 3.59. The summed E-state index contributed by atoms with van der Waals surface area (Å²) in [6, 6.07) is 0. The normalized spacial score (nSPS) is 12.2. The Labute approximate surface area is 140 Å². The van der Waals surface area contributed by atoms with Crippen LogP contribution in [0.1, 0.15) is 64.7 Å². The number of unbranched alkanes of at least 4 members (excludes halogenated alkanes) is 8. The molecule has 1 N–H and O–H groups in total. The van der Waals surface area contributed by atoms with E-state index < -0.39 is 5.97 Å². The van der Waals surface area contributed by atoms with Crippen LogP contribution in [0.15, 0.2) is 48.6 Å². The fourth-order valence-corrected chi connectivity index (χ4v) is 2.07. The Hall–Kier alpha value is -1.90. The maximum Gasteiger partial charge on any atom is 0.328 e. The predicted octanol–water partition coefficient (Wildman–Crippen LogP) is 5.40. The first-order chi connectivity index (χ1) is 11.2. The van der Waals surface area contributed by atoms with Gasteiger partial charge in [0.15, 0.2) is 5.78 Å². The number of ketones is 1. The van der Waals surface area contributed by atoms with Crippen LogP contribution < -0.4 is 0 Å². The van der Waals surface area contributed by atoms with E-state index in [9.17, 15) is 9.59 Å². The largest absolute Gasteiger partial charge is 0.478 e. The monoisotopic (exact) mass is 318 g/mol. The molecule has 3 heteroatoms. The van der Waals surface area contributed by atoms with Gasteiger partial charge in [-0.2, -0.15) is 0 Å². The predicted molar refractivity (Wildman–Crippen MR) is 96.4 cm³/mol. The molecule has 0 spiro atoms. The third kappa shape index (κ3) is 18.1. The lowest BCUT2D eigenvalue weighted by atomic mass is 10.1. The number of carboxylic acids is 1. The average molecular weight is 318 g/mol. The molecule has 0 saturated heterocycles. The smallest absolute Gasteiger partial charge is 0.328 e. The van der Waals surface area contributed by atoms with E-state index in [4.69, 9.17) is 5.11 Å². The van der Waals surface area contributed by atoms with Gasteiger partial charge in [0.2, 0.25) is 0 Å². The lowest BCUT2D eigenvalue weighted by Gasteiger charge is -1.99. The van der Waals surface area contributed by atoms with Gasteiger partial charge >= 0.3 is 5.97 Å². The van der Waals surface area contributed by atoms with Crippen LogP contribution >= 0.6 is 0 Å². The van der Waals surface area contributed by atoms with Crippen molar-refractivity contribution in [3.05, 3.63) is 48.6 Å². The van der Waals surface area contributed by atoms with Crippen LogP contribution in [0.25, 0.3) is 0 Å². The minimum atomic E-state index is -0.987. The Morgan fingerprint density at radius 3 is 1.91 bits per heavy atom. The fraction of sp³-hybridized carbons (Fsp3) is 0.500. The number of aliphatic carboxylic acids is 1. The van der Waals surface area contributed by atoms with E-state index in [1.54, 1.807) is 24.3 Å². The highest BCUT2D eigenvalue weighted by molar-refractivity contribution is 5.99. The summed E-state index contributed by atoms with van der Waals surface area (Å²) < 4.78 is 0. The van der Waals surface area contributed by atoms with Crippen molar-refractivity contribution >= 4 is 11.8 Å². The van der Waals surface area contributed by atoms with Gasteiger partial charge in [-0.05, 0) is 25.0 Å². The number of carbonyl (C=O) groups is 2. The maximum atomic E-state index is 11.5. The highest BCUT2D eigenvalue weighted by Gasteiger charge is 1.91. The van der Waals surface area contributed by atoms with Crippen LogP contribution in [0.5, 0.6) is 0 Å². The van der Waals surface area contributed by atoms with E-state index in [1.807, 2.05) is 6.08 Å². The molecule has 0 aliphatic rings. The van der Waals surface area contributed by atoms with Crippen LogP contribution in [-0.4, -0.2) is 16.9 Å². The summed E-state index contributed by atoms with van der Waals surface area (Å²) >= 11 is 0. The van der Waals surface area contributed by atoms with Gasteiger partial charge < -0.3 is 5.11 Å². The summed E-state index contributed by atoms with van der Waals surface area (Å²) in [5.74, 6) is -1.03. The molecule has 0 amide bonds. The number of hydrogen-bond acceptors (Lipinski definition) is 2. The molecule has 23 heavy (non-hydrogen) atoms. The molecule has 0 radical (unpaired) electrons. The van der Waals surface area contributed by atoms with Crippen molar-refractivity contribution in [3.8, 4) is 0 Å². The summed E-state index contributed by atoms with van der Waals surface area (Å²) in [7, 11) is 0. The molecule has 3 nitrogen and oxygen atoms in total. The van der Waals surface area contributed by atoms with E-state index in [0.717, 1.165) is 18.9 Å². The van der Waals surface area contributed by atoms with Gasteiger partial charge in [-0.1, -0.05) is 82.2 Å². The van der Waals surface area contributed by atoms with Crippen LogP contribution in [0, 0.1) is 0 Å². The fourth-order valence-electron chi connectivity index (χ4n) is 2.07. The molecule has 128 valence electrons. The minimum absolute atomic E-state index is 0.0450. The van der Waals surface area contributed by atoms with Crippen LogP contribution in [0.2, 0.25) is 0 Å². The van der Waals surface area contributed by atoms with Crippen LogP contribution in [0.3, 0.4) is 0 Å². The van der Waals surface area contributed by atoms with Gasteiger partial charge in [0, 0.05) is 6.08 Å². The van der Waals surface area contributed by atoms with Crippen LogP contribution in [0.4, 0.5) is 0 Å². The molecule has 0 aromatic carbocycles. The molecular formula is C20H30O3. The summed E-state index contributed by atoms with van der Waals surface area (Å²) in [4.78, 5) is 21.7. The van der Waals surface area contributed by atoms with Gasteiger partial charge in [-0.25, -0.2) is 4.79 Å². The zero-order valence-corrected chi connectivity index (χ0v) is 14.2.